The number of Topliss-reactive ketones (excluding diaryl/α,β-unsaturated/α-hetero) is 1. The van der Waals surface area contributed by atoms with Crippen LogP contribution in [0.15, 0.2) is 18.2 Å². The molecule has 0 bridgehead atoms. The monoisotopic (exact) mass is 266 g/mol. The molecule has 0 aliphatic rings. The Morgan fingerprint density at radius 2 is 1.83 bits per heavy atom. The first kappa shape index (κ1) is 15.1. The average Bonchev–Trinajstić information content (AvgIpc) is 2.29. The van der Waals surface area contributed by atoms with E-state index in [0.29, 0.717) is 17.2 Å². The van der Waals surface area contributed by atoms with Gasteiger partial charge in [0.1, 0.15) is 0 Å². The molecule has 0 N–H and O–H groups in total. The fourth-order valence-electron chi connectivity index (χ4n) is 1.81. The minimum atomic E-state index is -1.09. The van der Waals surface area contributed by atoms with Crippen molar-refractivity contribution in [1.82, 2.24) is 0 Å². The van der Waals surface area contributed by atoms with Crippen molar-refractivity contribution in [2.75, 3.05) is 5.75 Å². The summed E-state index contributed by atoms with van der Waals surface area (Å²) in [6, 6.07) is 5.82. The molecule has 1 rings (SSSR count). The third-order valence-corrected chi connectivity index (χ3v) is 4.92. The van der Waals surface area contributed by atoms with Gasteiger partial charge in [0.15, 0.2) is 5.78 Å². The predicted molar refractivity (Wildman–Crippen MR) is 77.6 cm³/mol. The minimum Gasteiger partial charge on any atom is -0.293 e. The van der Waals surface area contributed by atoms with E-state index in [9.17, 15) is 9.00 Å². The van der Waals surface area contributed by atoms with Crippen LogP contribution in [0.25, 0.3) is 0 Å². The molecule has 0 heterocycles. The van der Waals surface area contributed by atoms with Gasteiger partial charge in [-0.15, -0.1) is 0 Å². The molecule has 0 aliphatic heterocycles. The normalized spacial score (nSPS) is 14.6. The number of hydrogen-bond acceptors (Lipinski definition) is 2. The summed E-state index contributed by atoms with van der Waals surface area (Å²) in [6.07, 6.45) is 0. The van der Waals surface area contributed by atoms with Crippen LogP contribution in [0.4, 0.5) is 0 Å². The molecule has 0 fully saturated rings. The van der Waals surface area contributed by atoms with E-state index in [2.05, 4.69) is 0 Å². The molecule has 1 aromatic rings. The SMILES string of the molecule is Cc1ccc(C)c(C(=O)C(C)S(=O)CC(C)C)c1. The Morgan fingerprint density at radius 1 is 1.22 bits per heavy atom. The van der Waals surface area contributed by atoms with Gasteiger partial charge in [0.2, 0.25) is 0 Å². The molecule has 0 aliphatic carbocycles. The highest BCUT2D eigenvalue weighted by atomic mass is 32.2. The summed E-state index contributed by atoms with van der Waals surface area (Å²) < 4.78 is 12.1. The van der Waals surface area contributed by atoms with E-state index in [1.165, 1.54) is 0 Å². The zero-order valence-corrected chi connectivity index (χ0v) is 12.6. The first-order valence-corrected chi connectivity index (χ1v) is 7.69. The molecule has 0 saturated carbocycles. The van der Waals surface area contributed by atoms with Crippen molar-refractivity contribution in [2.24, 2.45) is 5.92 Å². The van der Waals surface area contributed by atoms with E-state index in [0.717, 1.165) is 11.1 Å². The van der Waals surface area contributed by atoms with Gasteiger partial charge >= 0.3 is 0 Å². The van der Waals surface area contributed by atoms with Crippen LogP contribution in [0.5, 0.6) is 0 Å². The molecular weight excluding hydrogens is 244 g/mol. The molecular formula is C15H22O2S. The molecule has 100 valence electrons. The van der Waals surface area contributed by atoms with Gasteiger partial charge in [0, 0.05) is 22.1 Å². The van der Waals surface area contributed by atoms with Crippen LogP contribution in [-0.2, 0) is 10.8 Å². The van der Waals surface area contributed by atoms with Gasteiger partial charge < -0.3 is 0 Å². The topological polar surface area (TPSA) is 34.1 Å². The lowest BCUT2D eigenvalue weighted by molar-refractivity contribution is 0.0992. The van der Waals surface area contributed by atoms with Gasteiger partial charge in [-0.3, -0.25) is 9.00 Å². The Labute approximate surface area is 112 Å². The van der Waals surface area contributed by atoms with E-state index in [-0.39, 0.29) is 5.78 Å². The lowest BCUT2D eigenvalue weighted by Gasteiger charge is -2.14. The van der Waals surface area contributed by atoms with Crippen molar-refractivity contribution in [3.8, 4) is 0 Å². The second kappa shape index (κ2) is 6.28. The Balaban J connectivity index is 2.93. The van der Waals surface area contributed by atoms with Gasteiger partial charge in [-0.2, -0.15) is 0 Å². The van der Waals surface area contributed by atoms with Crippen molar-refractivity contribution in [2.45, 2.75) is 39.9 Å². The first-order chi connectivity index (χ1) is 8.32. The van der Waals surface area contributed by atoms with E-state index >= 15 is 0 Å². The van der Waals surface area contributed by atoms with E-state index < -0.39 is 16.0 Å². The Hall–Kier alpha value is -0.960. The third kappa shape index (κ3) is 3.77. The standard InChI is InChI=1S/C15H22O2S/c1-10(2)9-18(17)13(5)15(16)14-8-11(3)6-7-12(14)4/h6-8,10,13H,9H2,1-5H3. The highest BCUT2D eigenvalue weighted by molar-refractivity contribution is 7.86. The molecule has 0 radical (unpaired) electrons. The Morgan fingerprint density at radius 3 is 2.39 bits per heavy atom. The average molecular weight is 266 g/mol. The number of ketones is 1. The lowest BCUT2D eigenvalue weighted by atomic mass is 10.0. The number of rotatable bonds is 5. The second-order valence-electron chi connectivity index (χ2n) is 5.27. The molecule has 0 saturated heterocycles. The quantitative estimate of drug-likeness (QED) is 0.766. The largest absolute Gasteiger partial charge is 0.293 e. The molecule has 2 unspecified atom stereocenters. The van der Waals surface area contributed by atoms with Gasteiger partial charge in [0.05, 0.1) is 5.25 Å². The number of carbonyl (C=O) groups excluding carboxylic acids is 1. The van der Waals surface area contributed by atoms with Crippen LogP contribution in [-0.4, -0.2) is 21.0 Å². The molecule has 2 atom stereocenters. The molecule has 2 nitrogen and oxygen atoms in total. The van der Waals surface area contributed by atoms with Crippen LogP contribution in [0, 0.1) is 19.8 Å². The zero-order chi connectivity index (χ0) is 13.9. The predicted octanol–water partition coefficient (Wildman–Crippen LogP) is 3.28. The molecule has 18 heavy (non-hydrogen) atoms. The maximum Gasteiger partial charge on any atom is 0.178 e. The van der Waals surface area contributed by atoms with Crippen LogP contribution >= 0.6 is 0 Å². The summed E-state index contributed by atoms with van der Waals surface area (Å²) in [6.45, 7) is 9.69. The van der Waals surface area contributed by atoms with E-state index in [1.807, 2.05) is 45.9 Å². The Kier molecular flexibility index (Phi) is 5.27. The molecule has 3 heteroatoms. The van der Waals surface area contributed by atoms with Gasteiger partial charge in [0.25, 0.3) is 0 Å². The minimum absolute atomic E-state index is 0.00446. The zero-order valence-electron chi connectivity index (χ0n) is 11.8. The third-order valence-electron chi connectivity index (χ3n) is 2.92. The van der Waals surface area contributed by atoms with Crippen LogP contribution < -0.4 is 0 Å². The number of hydrogen-bond donors (Lipinski definition) is 0. The smallest absolute Gasteiger partial charge is 0.178 e. The molecule has 0 aromatic heterocycles. The second-order valence-corrected chi connectivity index (χ2v) is 7.07. The number of benzene rings is 1. The van der Waals surface area contributed by atoms with Crippen molar-refractivity contribution >= 4 is 16.6 Å². The summed E-state index contributed by atoms with van der Waals surface area (Å²) in [7, 11) is -1.09. The van der Waals surface area contributed by atoms with E-state index in [4.69, 9.17) is 0 Å². The Bertz CT molecular complexity index is 464. The van der Waals surface area contributed by atoms with Crippen LogP contribution in [0.3, 0.4) is 0 Å². The molecule has 1 aromatic carbocycles. The fourth-order valence-corrected chi connectivity index (χ4v) is 3.12. The number of aryl methyl sites for hydroxylation is 2. The van der Waals surface area contributed by atoms with Crippen LogP contribution in [0.2, 0.25) is 0 Å². The first-order valence-electron chi connectivity index (χ1n) is 6.31. The maximum absolute atomic E-state index is 12.3. The fraction of sp³-hybridized carbons (Fsp3) is 0.533. The summed E-state index contributed by atoms with van der Waals surface area (Å²) in [4.78, 5) is 12.3. The summed E-state index contributed by atoms with van der Waals surface area (Å²) in [5.74, 6) is 0.924. The maximum atomic E-state index is 12.3. The summed E-state index contributed by atoms with van der Waals surface area (Å²) in [5.41, 5.74) is 2.73. The van der Waals surface area contributed by atoms with Crippen molar-refractivity contribution < 1.29 is 9.00 Å². The van der Waals surface area contributed by atoms with Gasteiger partial charge in [-0.1, -0.05) is 31.5 Å². The summed E-state index contributed by atoms with van der Waals surface area (Å²) in [5, 5.41) is -0.423. The number of carbonyl (C=O) groups is 1. The lowest BCUT2D eigenvalue weighted by Crippen LogP contribution is -2.26. The summed E-state index contributed by atoms with van der Waals surface area (Å²) >= 11 is 0. The van der Waals surface area contributed by atoms with Crippen molar-refractivity contribution in [1.29, 1.82) is 0 Å². The molecule has 0 amide bonds. The van der Waals surface area contributed by atoms with Crippen molar-refractivity contribution in [3.63, 3.8) is 0 Å². The van der Waals surface area contributed by atoms with E-state index in [1.54, 1.807) is 6.92 Å². The highest BCUT2D eigenvalue weighted by Crippen LogP contribution is 2.16. The highest BCUT2D eigenvalue weighted by Gasteiger charge is 2.23. The van der Waals surface area contributed by atoms with Gasteiger partial charge in [-0.05, 0) is 38.3 Å². The van der Waals surface area contributed by atoms with Gasteiger partial charge in [-0.25, -0.2) is 0 Å². The van der Waals surface area contributed by atoms with Crippen LogP contribution in [0.1, 0.15) is 42.3 Å². The van der Waals surface area contributed by atoms with Crippen molar-refractivity contribution in [3.05, 3.63) is 34.9 Å². The molecule has 0 spiro atoms.